The van der Waals surface area contributed by atoms with Gasteiger partial charge in [-0.3, -0.25) is 4.79 Å². The number of hydrogen-bond donors (Lipinski definition) is 2. The molecule has 1 aliphatic rings. The van der Waals surface area contributed by atoms with E-state index in [-0.39, 0.29) is 15.4 Å². The Labute approximate surface area is 182 Å². The molecule has 1 fully saturated rings. The monoisotopic (exact) mass is 467 g/mol. The number of sulfonamides is 2. The molecule has 2 aromatic rings. The zero-order valence-corrected chi connectivity index (χ0v) is 18.7. The van der Waals surface area contributed by atoms with Gasteiger partial charge < -0.3 is 10.1 Å². The van der Waals surface area contributed by atoms with Gasteiger partial charge in [-0.1, -0.05) is 6.92 Å². The molecular weight excluding hydrogens is 442 g/mol. The summed E-state index contributed by atoms with van der Waals surface area (Å²) in [7, 11) is -7.21. The fourth-order valence-corrected chi connectivity index (χ4v) is 5.50. The number of carbonyl (C=O) groups is 1. The van der Waals surface area contributed by atoms with Crippen molar-refractivity contribution < 1.29 is 26.4 Å². The van der Waals surface area contributed by atoms with Crippen molar-refractivity contribution in [2.24, 2.45) is 0 Å². The van der Waals surface area contributed by atoms with Crippen molar-refractivity contribution in [3.8, 4) is 0 Å². The molecule has 0 spiro atoms. The van der Waals surface area contributed by atoms with Crippen LogP contribution in [0.15, 0.2) is 58.3 Å². The molecule has 168 valence electrons. The summed E-state index contributed by atoms with van der Waals surface area (Å²) < 4.78 is 58.6. The molecule has 2 aromatic carbocycles. The second kappa shape index (κ2) is 9.88. The fourth-order valence-electron chi connectivity index (χ4n) is 2.95. The van der Waals surface area contributed by atoms with E-state index in [0.29, 0.717) is 45.0 Å². The number of nitrogens with one attached hydrogen (secondary N) is 2. The molecule has 3 rings (SSSR count). The number of carbonyl (C=O) groups excluding carboxylic acids is 1. The third-order valence-electron chi connectivity index (χ3n) is 4.69. The first-order valence-corrected chi connectivity index (χ1v) is 12.8. The largest absolute Gasteiger partial charge is 0.379 e. The van der Waals surface area contributed by atoms with Gasteiger partial charge in [0.25, 0.3) is 5.91 Å². The first-order valence-electron chi connectivity index (χ1n) is 9.83. The van der Waals surface area contributed by atoms with Crippen LogP contribution >= 0.6 is 0 Å². The number of amides is 1. The highest BCUT2D eigenvalue weighted by Crippen LogP contribution is 2.19. The van der Waals surface area contributed by atoms with Gasteiger partial charge in [-0.2, -0.15) is 4.31 Å². The zero-order chi connectivity index (χ0) is 22.5. The van der Waals surface area contributed by atoms with Crippen LogP contribution in [0.4, 0.5) is 5.69 Å². The third-order valence-corrected chi connectivity index (χ3v) is 8.08. The summed E-state index contributed by atoms with van der Waals surface area (Å²) in [5, 5.41) is 2.67. The Balaban J connectivity index is 1.67. The Morgan fingerprint density at radius 3 is 2.10 bits per heavy atom. The van der Waals surface area contributed by atoms with Crippen LogP contribution in [0.3, 0.4) is 0 Å². The molecule has 0 radical (unpaired) electrons. The normalized spacial score (nSPS) is 15.5. The number of nitrogens with zero attached hydrogens (tertiary/aromatic N) is 1. The minimum absolute atomic E-state index is 0.108. The van der Waals surface area contributed by atoms with Crippen molar-refractivity contribution in [2.45, 2.75) is 23.1 Å². The topological polar surface area (TPSA) is 122 Å². The summed E-state index contributed by atoms with van der Waals surface area (Å²) in [6, 6.07) is 11.5. The highest BCUT2D eigenvalue weighted by Gasteiger charge is 2.26. The van der Waals surface area contributed by atoms with Gasteiger partial charge in [0.2, 0.25) is 20.0 Å². The van der Waals surface area contributed by atoms with E-state index in [1.165, 1.54) is 52.8 Å². The lowest BCUT2D eigenvalue weighted by Gasteiger charge is -2.26. The molecule has 0 bridgehead atoms. The predicted molar refractivity (Wildman–Crippen MR) is 116 cm³/mol. The van der Waals surface area contributed by atoms with Crippen LogP contribution in [-0.2, 0) is 24.8 Å². The Morgan fingerprint density at radius 1 is 0.935 bits per heavy atom. The van der Waals surface area contributed by atoms with Crippen LogP contribution < -0.4 is 10.0 Å². The van der Waals surface area contributed by atoms with E-state index in [2.05, 4.69) is 10.0 Å². The number of morpholine rings is 1. The number of anilines is 1. The number of hydrogen-bond acceptors (Lipinski definition) is 6. The zero-order valence-electron chi connectivity index (χ0n) is 17.1. The highest BCUT2D eigenvalue weighted by molar-refractivity contribution is 7.89. The fraction of sp³-hybridized carbons (Fsp3) is 0.350. The maximum atomic E-state index is 12.7. The highest BCUT2D eigenvalue weighted by atomic mass is 32.2. The van der Waals surface area contributed by atoms with Crippen LogP contribution in [0.2, 0.25) is 0 Å². The first kappa shape index (κ1) is 23.4. The molecule has 1 saturated heterocycles. The molecule has 31 heavy (non-hydrogen) atoms. The molecule has 0 saturated carbocycles. The lowest BCUT2D eigenvalue weighted by atomic mass is 10.2. The minimum atomic E-state index is -3.63. The molecule has 2 N–H and O–H groups in total. The van der Waals surface area contributed by atoms with E-state index in [1.54, 1.807) is 0 Å². The van der Waals surface area contributed by atoms with Gasteiger partial charge in [0.1, 0.15) is 0 Å². The summed E-state index contributed by atoms with van der Waals surface area (Å²) in [4.78, 5) is 12.7. The van der Waals surface area contributed by atoms with E-state index >= 15 is 0 Å². The summed E-state index contributed by atoms with van der Waals surface area (Å²) in [5.74, 6) is -0.435. The Morgan fingerprint density at radius 2 is 1.52 bits per heavy atom. The summed E-state index contributed by atoms with van der Waals surface area (Å²) in [6.45, 7) is 3.52. The van der Waals surface area contributed by atoms with Crippen molar-refractivity contribution in [3.63, 3.8) is 0 Å². The van der Waals surface area contributed by atoms with Crippen LogP contribution in [0.5, 0.6) is 0 Å². The smallest absolute Gasteiger partial charge is 0.255 e. The second-order valence-corrected chi connectivity index (χ2v) is 10.6. The number of benzene rings is 2. The van der Waals surface area contributed by atoms with Crippen LogP contribution in [0.25, 0.3) is 0 Å². The van der Waals surface area contributed by atoms with Crippen molar-refractivity contribution in [3.05, 3.63) is 54.1 Å². The predicted octanol–water partition coefficient (Wildman–Crippen LogP) is 1.65. The lowest BCUT2D eigenvalue weighted by molar-refractivity contribution is 0.0730. The Kier molecular flexibility index (Phi) is 7.44. The summed E-state index contributed by atoms with van der Waals surface area (Å²) in [5.41, 5.74) is 0.701. The van der Waals surface area contributed by atoms with E-state index in [1.807, 2.05) is 6.92 Å². The van der Waals surface area contributed by atoms with E-state index in [0.717, 1.165) is 0 Å². The second-order valence-electron chi connectivity index (χ2n) is 6.92. The molecule has 0 unspecified atom stereocenters. The van der Waals surface area contributed by atoms with Crippen LogP contribution in [-0.4, -0.2) is 59.9 Å². The molecular formula is C20H25N3O6S2. The quantitative estimate of drug-likeness (QED) is 0.609. The standard InChI is InChI=1S/C20H25N3O6S2/c1-2-11-21-30(25,26)18-9-5-17(6-10-18)22-20(24)16-3-7-19(8-4-16)31(27,28)23-12-14-29-15-13-23/h3-10,21H,2,11-15H2,1H3,(H,22,24). The van der Waals surface area contributed by atoms with Crippen molar-refractivity contribution in [2.75, 3.05) is 38.2 Å². The maximum Gasteiger partial charge on any atom is 0.255 e. The first-order chi connectivity index (χ1) is 14.7. The molecule has 1 heterocycles. The molecule has 1 amide bonds. The van der Waals surface area contributed by atoms with Crippen LogP contribution in [0.1, 0.15) is 23.7 Å². The van der Waals surface area contributed by atoms with E-state index in [4.69, 9.17) is 4.74 Å². The molecule has 0 aromatic heterocycles. The lowest BCUT2D eigenvalue weighted by Crippen LogP contribution is -2.40. The van der Waals surface area contributed by atoms with E-state index in [9.17, 15) is 21.6 Å². The van der Waals surface area contributed by atoms with Crippen LogP contribution in [0, 0.1) is 0 Å². The summed E-state index contributed by atoms with van der Waals surface area (Å²) >= 11 is 0. The molecule has 0 aliphatic carbocycles. The number of rotatable bonds is 8. The summed E-state index contributed by atoms with van der Waals surface area (Å²) in [6.07, 6.45) is 0.680. The molecule has 1 aliphatic heterocycles. The van der Waals surface area contributed by atoms with Gasteiger partial charge in [0.05, 0.1) is 23.0 Å². The van der Waals surface area contributed by atoms with Gasteiger partial charge in [-0.05, 0) is 55.0 Å². The molecule has 9 nitrogen and oxygen atoms in total. The van der Waals surface area contributed by atoms with Crippen molar-refractivity contribution in [1.29, 1.82) is 0 Å². The van der Waals surface area contributed by atoms with Gasteiger partial charge in [0.15, 0.2) is 0 Å². The van der Waals surface area contributed by atoms with Gasteiger partial charge in [-0.15, -0.1) is 0 Å². The molecule has 0 atom stereocenters. The Bertz CT molecular complexity index is 1110. The SMILES string of the molecule is CCCNS(=O)(=O)c1ccc(NC(=O)c2ccc(S(=O)(=O)N3CCOCC3)cc2)cc1. The average Bonchev–Trinajstić information content (AvgIpc) is 2.79. The van der Waals surface area contributed by atoms with E-state index < -0.39 is 26.0 Å². The minimum Gasteiger partial charge on any atom is -0.379 e. The van der Waals surface area contributed by atoms with Gasteiger partial charge in [0, 0.05) is 30.9 Å². The van der Waals surface area contributed by atoms with Crippen molar-refractivity contribution >= 4 is 31.6 Å². The van der Waals surface area contributed by atoms with Gasteiger partial charge >= 0.3 is 0 Å². The third kappa shape index (κ3) is 5.69. The van der Waals surface area contributed by atoms with Crippen molar-refractivity contribution in [1.82, 2.24) is 9.03 Å². The molecule has 11 heteroatoms. The average molecular weight is 468 g/mol. The Hall–Kier alpha value is -2.31. The maximum absolute atomic E-state index is 12.7. The van der Waals surface area contributed by atoms with Gasteiger partial charge in [-0.25, -0.2) is 21.6 Å². The number of ether oxygens (including phenoxy) is 1.